The summed E-state index contributed by atoms with van der Waals surface area (Å²) in [5, 5.41) is 9.72. The van der Waals surface area contributed by atoms with Gasteiger partial charge in [0.1, 0.15) is 5.70 Å². The maximum Gasteiger partial charge on any atom is 0.277 e. The fourth-order valence-corrected chi connectivity index (χ4v) is 3.72. The SMILES string of the molecule is CCCCN1C(=O)C(c2ccc(Cl)cc2)=C(N2CCN(CCO)CC2)C1=O. The highest BCUT2D eigenvalue weighted by Crippen LogP contribution is 2.32. The van der Waals surface area contributed by atoms with Gasteiger partial charge in [-0.2, -0.15) is 0 Å². The normalized spacial score (nSPS) is 18.8. The highest BCUT2D eigenvalue weighted by atomic mass is 35.5. The van der Waals surface area contributed by atoms with Crippen molar-refractivity contribution in [1.29, 1.82) is 0 Å². The minimum absolute atomic E-state index is 0.126. The summed E-state index contributed by atoms with van der Waals surface area (Å²) in [6.45, 7) is 6.08. The highest BCUT2D eigenvalue weighted by molar-refractivity contribution is 6.36. The molecule has 3 rings (SSSR count). The Kier molecular flexibility index (Phi) is 6.52. The van der Waals surface area contributed by atoms with Crippen LogP contribution in [0.25, 0.3) is 5.57 Å². The molecular formula is C20H26ClN3O3. The zero-order valence-electron chi connectivity index (χ0n) is 15.7. The molecule has 1 aromatic rings. The van der Waals surface area contributed by atoms with Crippen molar-refractivity contribution in [3.63, 3.8) is 0 Å². The van der Waals surface area contributed by atoms with Crippen LogP contribution in [-0.2, 0) is 9.59 Å². The lowest BCUT2D eigenvalue weighted by molar-refractivity contribution is -0.137. The molecule has 2 amide bonds. The minimum Gasteiger partial charge on any atom is -0.395 e. The van der Waals surface area contributed by atoms with Crippen molar-refractivity contribution in [2.24, 2.45) is 0 Å². The van der Waals surface area contributed by atoms with Crippen molar-refractivity contribution in [3.05, 3.63) is 40.5 Å². The molecule has 2 aliphatic rings. The van der Waals surface area contributed by atoms with Crippen molar-refractivity contribution >= 4 is 29.0 Å². The number of carbonyl (C=O) groups excluding carboxylic acids is 2. The van der Waals surface area contributed by atoms with Gasteiger partial charge in [-0.1, -0.05) is 37.1 Å². The van der Waals surface area contributed by atoms with E-state index in [9.17, 15) is 9.59 Å². The Morgan fingerprint density at radius 2 is 1.67 bits per heavy atom. The maximum absolute atomic E-state index is 13.1. The van der Waals surface area contributed by atoms with Crippen LogP contribution in [0.2, 0.25) is 5.02 Å². The number of nitrogens with zero attached hydrogens (tertiary/aromatic N) is 3. The van der Waals surface area contributed by atoms with Crippen LogP contribution in [0.4, 0.5) is 0 Å². The molecule has 0 aromatic heterocycles. The lowest BCUT2D eigenvalue weighted by Gasteiger charge is -2.36. The minimum atomic E-state index is -0.219. The predicted molar refractivity (Wildman–Crippen MR) is 105 cm³/mol. The van der Waals surface area contributed by atoms with Crippen LogP contribution in [0.3, 0.4) is 0 Å². The van der Waals surface area contributed by atoms with Gasteiger partial charge in [-0.05, 0) is 24.1 Å². The Bertz CT molecular complexity index is 724. The van der Waals surface area contributed by atoms with Gasteiger partial charge < -0.3 is 10.0 Å². The summed E-state index contributed by atoms with van der Waals surface area (Å²) < 4.78 is 0. The number of halogens is 1. The maximum atomic E-state index is 13.1. The van der Waals surface area contributed by atoms with Crippen LogP contribution in [-0.4, -0.2) is 77.5 Å². The van der Waals surface area contributed by atoms with Crippen LogP contribution in [0.1, 0.15) is 25.3 Å². The monoisotopic (exact) mass is 391 g/mol. The summed E-state index contributed by atoms with van der Waals surface area (Å²) >= 11 is 6.00. The summed E-state index contributed by atoms with van der Waals surface area (Å²) in [4.78, 5) is 31.7. The molecule has 1 saturated heterocycles. The number of aliphatic hydroxyl groups is 1. The van der Waals surface area contributed by atoms with Gasteiger partial charge in [0.2, 0.25) is 0 Å². The molecular weight excluding hydrogens is 366 g/mol. The van der Waals surface area contributed by atoms with Crippen LogP contribution >= 0.6 is 11.6 Å². The predicted octanol–water partition coefficient (Wildman–Crippen LogP) is 1.83. The zero-order chi connectivity index (χ0) is 19.4. The first-order valence-electron chi connectivity index (χ1n) is 9.51. The number of benzene rings is 1. The number of carbonyl (C=O) groups is 2. The van der Waals surface area contributed by atoms with Gasteiger partial charge in [0.15, 0.2) is 0 Å². The standard InChI is InChI=1S/C20H26ClN3O3/c1-2-3-8-24-19(26)17(15-4-6-16(21)7-5-15)18(20(24)27)23-11-9-22(10-12-23)13-14-25/h4-7,25H,2-3,8-14H2,1H3. The summed E-state index contributed by atoms with van der Waals surface area (Å²) in [5.74, 6) is -0.419. The van der Waals surface area contributed by atoms with Crippen molar-refractivity contribution in [2.75, 3.05) is 45.9 Å². The van der Waals surface area contributed by atoms with E-state index in [1.807, 2.05) is 11.8 Å². The van der Waals surface area contributed by atoms with Crippen LogP contribution in [0, 0.1) is 0 Å². The molecule has 0 atom stereocenters. The molecule has 2 aliphatic heterocycles. The number of piperazine rings is 1. The van der Waals surface area contributed by atoms with Gasteiger partial charge in [-0.15, -0.1) is 0 Å². The molecule has 0 unspecified atom stereocenters. The summed E-state index contributed by atoms with van der Waals surface area (Å²) in [6.07, 6.45) is 1.71. The zero-order valence-corrected chi connectivity index (χ0v) is 16.4. The Hall–Kier alpha value is -1.89. The third-order valence-corrected chi connectivity index (χ3v) is 5.37. The number of hydrogen-bond acceptors (Lipinski definition) is 5. The van der Waals surface area contributed by atoms with Crippen LogP contribution < -0.4 is 0 Å². The molecule has 0 aliphatic carbocycles. The Balaban J connectivity index is 1.92. The number of amides is 2. The first kappa shape index (κ1) is 19.9. The highest BCUT2D eigenvalue weighted by Gasteiger charge is 2.41. The molecule has 7 heteroatoms. The third-order valence-electron chi connectivity index (χ3n) is 5.12. The van der Waals surface area contributed by atoms with E-state index in [2.05, 4.69) is 4.90 Å². The van der Waals surface area contributed by atoms with Gasteiger partial charge in [-0.25, -0.2) is 0 Å². The molecule has 6 nitrogen and oxygen atoms in total. The van der Waals surface area contributed by atoms with E-state index in [1.165, 1.54) is 4.90 Å². The molecule has 1 N–H and O–H groups in total. The Morgan fingerprint density at radius 3 is 2.26 bits per heavy atom. The largest absolute Gasteiger partial charge is 0.395 e. The molecule has 27 heavy (non-hydrogen) atoms. The third kappa shape index (κ3) is 4.18. The number of rotatable bonds is 7. The number of β-amino-alcohol motifs (C(OH)–C–C–N with tert-alkyl or cyclic N) is 1. The van der Waals surface area contributed by atoms with E-state index in [4.69, 9.17) is 16.7 Å². The van der Waals surface area contributed by atoms with Crippen molar-refractivity contribution in [1.82, 2.24) is 14.7 Å². The van der Waals surface area contributed by atoms with Gasteiger partial charge >= 0.3 is 0 Å². The smallest absolute Gasteiger partial charge is 0.277 e. The van der Waals surface area contributed by atoms with E-state index in [-0.39, 0.29) is 18.4 Å². The van der Waals surface area contributed by atoms with Crippen LogP contribution in [0.15, 0.2) is 30.0 Å². The van der Waals surface area contributed by atoms with Crippen LogP contribution in [0.5, 0.6) is 0 Å². The van der Waals surface area contributed by atoms with Gasteiger partial charge in [0.05, 0.1) is 12.2 Å². The fraction of sp³-hybridized carbons (Fsp3) is 0.500. The number of aliphatic hydroxyl groups excluding tert-OH is 1. The summed E-state index contributed by atoms with van der Waals surface area (Å²) in [5.41, 5.74) is 1.70. The molecule has 0 saturated carbocycles. The lowest BCUT2D eigenvalue weighted by atomic mass is 10.0. The van der Waals surface area contributed by atoms with E-state index < -0.39 is 0 Å². The topological polar surface area (TPSA) is 64.1 Å². The Morgan fingerprint density at radius 1 is 1.00 bits per heavy atom. The summed E-state index contributed by atoms with van der Waals surface area (Å²) in [7, 11) is 0. The fourth-order valence-electron chi connectivity index (χ4n) is 3.59. The average molecular weight is 392 g/mol. The number of imide groups is 1. The summed E-state index contributed by atoms with van der Waals surface area (Å²) in [6, 6.07) is 7.09. The molecule has 0 bridgehead atoms. The molecule has 2 heterocycles. The molecule has 1 aromatic carbocycles. The number of hydrogen-bond donors (Lipinski definition) is 1. The van der Waals surface area contributed by atoms with E-state index in [0.717, 1.165) is 31.5 Å². The average Bonchev–Trinajstić information content (AvgIpc) is 2.92. The first-order valence-corrected chi connectivity index (χ1v) is 9.89. The van der Waals surface area contributed by atoms with Gasteiger partial charge in [-0.3, -0.25) is 19.4 Å². The first-order chi connectivity index (χ1) is 13.1. The molecule has 0 radical (unpaired) electrons. The lowest BCUT2D eigenvalue weighted by Crippen LogP contribution is -2.48. The van der Waals surface area contributed by atoms with E-state index in [1.54, 1.807) is 24.3 Å². The quantitative estimate of drug-likeness (QED) is 0.718. The molecule has 0 spiro atoms. The molecule has 1 fully saturated rings. The number of unbranched alkanes of at least 4 members (excludes halogenated alkanes) is 1. The van der Waals surface area contributed by atoms with Crippen molar-refractivity contribution in [3.8, 4) is 0 Å². The van der Waals surface area contributed by atoms with E-state index >= 15 is 0 Å². The van der Waals surface area contributed by atoms with Crippen molar-refractivity contribution in [2.45, 2.75) is 19.8 Å². The second kappa shape index (κ2) is 8.87. The Labute approximate surface area is 165 Å². The van der Waals surface area contributed by atoms with E-state index in [0.29, 0.717) is 42.5 Å². The second-order valence-corrected chi connectivity index (χ2v) is 7.33. The second-order valence-electron chi connectivity index (χ2n) is 6.90. The van der Waals surface area contributed by atoms with Crippen molar-refractivity contribution < 1.29 is 14.7 Å². The molecule has 146 valence electrons. The van der Waals surface area contributed by atoms with Gasteiger partial charge in [0.25, 0.3) is 11.8 Å². The van der Waals surface area contributed by atoms with Gasteiger partial charge in [0, 0.05) is 44.3 Å².